The number of piperazine rings is 1. The van der Waals surface area contributed by atoms with Crippen molar-refractivity contribution >= 4 is 23.6 Å². The third-order valence-corrected chi connectivity index (χ3v) is 5.45. The summed E-state index contributed by atoms with van der Waals surface area (Å²) in [5, 5.41) is 7.68. The number of anilines is 1. The van der Waals surface area contributed by atoms with Crippen LogP contribution in [0.2, 0.25) is 0 Å². The van der Waals surface area contributed by atoms with Gasteiger partial charge in [-0.1, -0.05) is 11.8 Å². The molecule has 0 radical (unpaired) electrons. The second kappa shape index (κ2) is 8.91. The van der Waals surface area contributed by atoms with Crippen LogP contribution in [0, 0.1) is 0 Å². The molecular weight excluding hydrogens is 390 g/mol. The summed E-state index contributed by atoms with van der Waals surface area (Å²) in [5.41, 5.74) is 0.913. The topological polar surface area (TPSA) is 100 Å². The minimum atomic E-state index is 0.0828. The molecule has 1 N–H and O–H groups in total. The van der Waals surface area contributed by atoms with Gasteiger partial charge in [-0.3, -0.25) is 9.89 Å². The van der Waals surface area contributed by atoms with Gasteiger partial charge >= 0.3 is 0 Å². The lowest BCUT2D eigenvalue weighted by Crippen LogP contribution is -2.49. The molecule has 0 saturated carbocycles. The zero-order valence-corrected chi connectivity index (χ0v) is 16.8. The van der Waals surface area contributed by atoms with E-state index in [4.69, 9.17) is 4.74 Å². The van der Waals surface area contributed by atoms with Crippen molar-refractivity contribution in [1.29, 1.82) is 0 Å². The molecule has 1 amide bonds. The van der Waals surface area contributed by atoms with Crippen LogP contribution in [0.3, 0.4) is 0 Å². The van der Waals surface area contributed by atoms with Gasteiger partial charge in [0, 0.05) is 44.1 Å². The van der Waals surface area contributed by atoms with Gasteiger partial charge in [0.05, 0.1) is 12.9 Å². The Morgan fingerprint density at radius 3 is 2.55 bits per heavy atom. The summed E-state index contributed by atoms with van der Waals surface area (Å²) in [4.78, 5) is 29.5. The highest BCUT2D eigenvalue weighted by Gasteiger charge is 2.22. The first-order chi connectivity index (χ1) is 14.2. The number of aromatic amines is 1. The van der Waals surface area contributed by atoms with Crippen LogP contribution in [-0.4, -0.2) is 75.0 Å². The van der Waals surface area contributed by atoms with Gasteiger partial charge in [0.15, 0.2) is 5.82 Å². The first-order valence-corrected chi connectivity index (χ1v) is 10.2. The lowest BCUT2D eigenvalue weighted by atomic mass is 10.2. The smallest absolute Gasteiger partial charge is 0.233 e. The molecule has 29 heavy (non-hydrogen) atoms. The fourth-order valence-corrected chi connectivity index (χ4v) is 3.72. The van der Waals surface area contributed by atoms with Crippen LogP contribution >= 0.6 is 11.8 Å². The zero-order valence-electron chi connectivity index (χ0n) is 16.0. The molecule has 1 aliphatic heterocycles. The highest BCUT2D eigenvalue weighted by molar-refractivity contribution is 7.99. The molecular formula is C19H21N7O2S. The minimum absolute atomic E-state index is 0.0828. The molecule has 0 unspecified atom stereocenters. The lowest BCUT2D eigenvalue weighted by Gasteiger charge is -2.34. The Labute approximate surface area is 172 Å². The van der Waals surface area contributed by atoms with E-state index in [1.165, 1.54) is 11.8 Å². The maximum absolute atomic E-state index is 12.5. The molecule has 3 aromatic rings. The van der Waals surface area contributed by atoms with E-state index in [1.807, 2.05) is 29.2 Å². The van der Waals surface area contributed by atoms with Crippen molar-refractivity contribution < 1.29 is 9.53 Å². The van der Waals surface area contributed by atoms with Gasteiger partial charge in [-0.15, -0.1) is 5.10 Å². The van der Waals surface area contributed by atoms with E-state index >= 15 is 0 Å². The van der Waals surface area contributed by atoms with Gasteiger partial charge in [0.1, 0.15) is 5.75 Å². The Morgan fingerprint density at radius 1 is 1.14 bits per heavy atom. The molecule has 2 aromatic heterocycles. The minimum Gasteiger partial charge on any atom is -0.497 e. The predicted molar refractivity (Wildman–Crippen MR) is 110 cm³/mol. The van der Waals surface area contributed by atoms with Crippen LogP contribution in [0.5, 0.6) is 5.75 Å². The van der Waals surface area contributed by atoms with Gasteiger partial charge in [0.25, 0.3) is 0 Å². The molecule has 1 aliphatic rings. The van der Waals surface area contributed by atoms with Crippen molar-refractivity contribution in [3.63, 3.8) is 0 Å². The van der Waals surface area contributed by atoms with Crippen LogP contribution in [0.1, 0.15) is 0 Å². The largest absolute Gasteiger partial charge is 0.497 e. The Bertz CT molecular complexity index is 941. The van der Waals surface area contributed by atoms with Crippen LogP contribution in [0.25, 0.3) is 11.4 Å². The molecule has 9 nitrogen and oxygen atoms in total. The van der Waals surface area contributed by atoms with Crippen LogP contribution in [0.4, 0.5) is 5.95 Å². The second-order valence-electron chi connectivity index (χ2n) is 6.40. The molecule has 10 heteroatoms. The molecule has 0 spiro atoms. The number of nitrogens with one attached hydrogen (secondary N) is 1. The maximum atomic E-state index is 12.5. The number of benzene rings is 1. The van der Waals surface area contributed by atoms with E-state index in [9.17, 15) is 4.79 Å². The van der Waals surface area contributed by atoms with Crippen molar-refractivity contribution in [2.75, 3.05) is 43.9 Å². The normalized spacial score (nSPS) is 14.1. The molecule has 0 aliphatic carbocycles. The molecule has 3 heterocycles. The first kappa shape index (κ1) is 19.2. The fourth-order valence-electron chi connectivity index (χ4n) is 3.02. The number of nitrogens with zero attached hydrogens (tertiary/aromatic N) is 6. The number of H-pyrrole nitrogens is 1. The Balaban J connectivity index is 1.27. The predicted octanol–water partition coefficient (Wildman–Crippen LogP) is 1.71. The third kappa shape index (κ3) is 4.65. The van der Waals surface area contributed by atoms with Crippen molar-refractivity contribution in [3.05, 3.63) is 42.7 Å². The van der Waals surface area contributed by atoms with Gasteiger partial charge in [-0.25, -0.2) is 15.0 Å². The Morgan fingerprint density at radius 2 is 1.86 bits per heavy atom. The SMILES string of the molecule is COc1ccc(-c2nc(SCC(=O)N3CCN(c4ncccn4)CC3)n[nH]2)cc1. The monoisotopic (exact) mass is 411 g/mol. The van der Waals surface area contributed by atoms with Crippen LogP contribution < -0.4 is 9.64 Å². The fraction of sp³-hybridized carbons (Fsp3) is 0.316. The number of carbonyl (C=O) groups excluding carboxylic acids is 1. The van der Waals surface area contributed by atoms with E-state index in [-0.39, 0.29) is 5.91 Å². The summed E-state index contributed by atoms with van der Waals surface area (Å²) >= 11 is 1.33. The Kier molecular flexibility index (Phi) is 5.89. The van der Waals surface area contributed by atoms with Crippen molar-refractivity contribution in [1.82, 2.24) is 30.0 Å². The van der Waals surface area contributed by atoms with Gasteiger partial charge in [-0.05, 0) is 30.3 Å². The summed E-state index contributed by atoms with van der Waals surface area (Å²) in [6.45, 7) is 2.76. The number of hydrogen-bond acceptors (Lipinski definition) is 8. The quantitative estimate of drug-likeness (QED) is 0.612. The van der Waals surface area contributed by atoms with Gasteiger partial charge in [0.2, 0.25) is 17.0 Å². The summed E-state index contributed by atoms with van der Waals surface area (Å²) in [7, 11) is 1.63. The number of carbonyl (C=O) groups is 1. The van der Waals surface area contributed by atoms with Crippen molar-refractivity contribution in [2.24, 2.45) is 0 Å². The number of amides is 1. The van der Waals surface area contributed by atoms with Gasteiger partial charge < -0.3 is 14.5 Å². The highest BCUT2D eigenvalue weighted by atomic mass is 32.2. The lowest BCUT2D eigenvalue weighted by molar-refractivity contribution is -0.128. The van der Waals surface area contributed by atoms with Crippen LogP contribution in [0.15, 0.2) is 47.9 Å². The van der Waals surface area contributed by atoms with Gasteiger partial charge in [-0.2, -0.15) is 0 Å². The molecule has 4 rings (SSSR count). The molecule has 1 aromatic carbocycles. The number of ether oxygens (including phenoxy) is 1. The number of hydrogen-bond donors (Lipinski definition) is 1. The Hall–Kier alpha value is -3.14. The molecule has 0 bridgehead atoms. The number of methoxy groups -OCH3 is 1. The second-order valence-corrected chi connectivity index (χ2v) is 7.34. The average Bonchev–Trinajstić information content (AvgIpc) is 3.27. The van der Waals surface area contributed by atoms with Crippen molar-refractivity contribution in [3.8, 4) is 17.1 Å². The first-order valence-electron chi connectivity index (χ1n) is 9.22. The standard InChI is InChI=1S/C19H21N7O2S/c1-28-15-5-3-14(4-6-15)17-22-19(24-23-17)29-13-16(27)25-9-11-26(12-10-25)18-20-7-2-8-21-18/h2-8H,9-13H2,1H3,(H,22,23,24). The summed E-state index contributed by atoms with van der Waals surface area (Å²) in [5.74, 6) is 2.55. The van der Waals surface area contributed by atoms with E-state index in [1.54, 1.807) is 25.6 Å². The zero-order chi connectivity index (χ0) is 20.1. The summed E-state index contributed by atoms with van der Waals surface area (Å²) in [6.07, 6.45) is 3.46. The average molecular weight is 411 g/mol. The van der Waals surface area contributed by atoms with Crippen molar-refractivity contribution in [2.45, 2.75) is 5.16 Å². The number of thioether (sulfide) groups is 1. The summed E-state index contributed by atoms with van der Waals surface area (Å²) in [6, 6.07) is 9.36. The van der Waals surface area contributed by atoms with E-state index in [0.29, 0.717) is 35.8 Å². The maximum Gasteiger partial charge on any atom is 0.233 e. The number of rotatable bonds is 6. The van der Waals surface area contributed by atoms with E-state index < -0.39 is 0 Å². The molecule has 0 atom stereocenters. The molecule has 1 fully saturated rings. The third-order valence-electron chi connectivity index (χ3n) is 4.62. The van der Waals surface area contributed by atoms with E-state index in [0.717, 1.165) is 24.4 Å². The van der Waals surface area contributed by atoms with E-state index in [2.05, 4.69) is 30.0 Å². The number of aromatic nitrogens is 5. The highest BCUT2D eigenvalue weighted by Crippen LogP contribution is 2.22. The van der Waals surface area contributed by atoms with Crippen LogP contribution in [-0.2, 0) is 4.79 Å². The summed E-state index contributed by atoms with van der Waals surface area (Å²) < 4.78 is 5.16. The molecule has 1 saturated heterocycles. The molecule has 150 valence electrons.